The normalized spacial score (nSPS) is 12.0. The number of carbonyl (C=O) groups is 2. The minimum absolute atomic E-state index is 0.320. The molecule has 0 aliphatic rings. The van der Waals surface area contributed by atoms with E-state index in [0.29, 0.717) is 11.3 Å². The number of hydrogen-bond donors (Lipinski definition) is 2. The largest absolute Gasteiger partial charge is 0.340 e. The quantitative estimate of drug-likeness (QED) is 0.702. The fraction of sp³-hybridized carbons (Fsp3) is 0.190. The molecular formula is C21H19F2N3O2. The molecule has 3 aromatic rings. The highest BCUT2D eigenvalue weighted by atomic mass is 19.1. The van der Waals surface area contributed by atoms with Crippen molar-refractivity contribution < 1.29 is 18.4 Å². The van der Waals surface area contributed by atoms with Gasteiger partial charge in [-0.2, -0.15) is 0 Å². The molecule has 0 saturated heterocycles. The van der Waals surface area contributed by atoms with Gasteiger partial charge in [-0.15, -0.1) is 0 Å². The smallest absolute Gasteiger partial charge is 0.257 e. The third kappa shape index (κ3) is 4.14. The van der Waals surface area contributed by atoms with Gasteiger partial charge in [0.2, 0.25) is 5.91 Å². The minimum Gasteiger partial charge on any atom is -0.340 e. The summed E-state index contributed by atoms with van der Waals surface area (Å²) in [6.45, 7) is 3.44. The number of amides is 2. The summed E-state index contributed by atoms with van der Waals surface area (Å²) in [5.74, 6) is -3.49. The zero-order chi connectivity index (χ0) is 20.3. The summed E-state index contributed by atoms with van der Waals surface area (Å²) in [6.07, 6.45) is 0. The molecule has 7 heteroatoms. The molecule has 2 aromatic carbocycles. The number of benzene rings is 2. The monoisotopic (exact) mass is 383 g/mol. The third-order valence-corrected chi connectivity index (χ3v) is 4.28. The molecule has 1 atom stereocenters. The molecule has 144 valence electrons. The van der Waals surface area contributed by atoms with E-state index in [4.69, 9.17) is 0 Å². The number of rotatable bonds is 5. The van der Waals surface area contributed by atoms with Crippen molar-refractivity contribution in [3.63, 3.8) is 0 Å². The number of nitrogens with one attached hydrogen (secondary N) is 2. The number of anilines is 1. The van der Waals surface area contributed by atoms with E-state index in [1.807, 2.05) is 30.3 Å². The molecule has 0 saturated carbocycles. The lowest BCUT2D eigenvalue weighted by molar-refractivity contribution is -0.118. The van der Waals surface area contributed by atoms with Gasteiger partial charge in [-0.05, 0) is 36.2 Å². The number of aromatic nitrogens is 1. The average Bonchev–Trinajstić information content (AvgIpc) is 2.65. The first-order valence-corrected chi connectivity index (χ1v) is 8.78. The molecule has 0 bridgehead atoms. The Bertz CT molecular complexity index is 1020. The van der Waals surface area contributed by atoms with Crippen molar-refractivity contribution >= 4 is 28.5 Å². The Hall–Kier alpha value is -3.35. The van der Waals surface area contributed by atoms with Gasteiger partial charge in [0.1, 0.15) is 29.1 Å². The fourth-order valence-corrected chi connectivity index (χ4v) is 2.80. The Morgan fingerprint density at radius 2 is 1.61 bits per heavy atom. The fourth-order valence-electron chi connectivity index (χ4n) is 2.80. The van der Waals surface area contributed by atoms with Crippen molar-refractivity contribution in [2.24, 2.45) is 5.92 Å². The Balaban J connectivity index is 1.79. The Labute approximate surface area is 160 Å². The molecule has 0 fully saturated rings. The second-order valence-corrected chi connectivity index (χ2v) is 6.67. The molecule has 1 aromatic heterocycles. The average molecular weight is 383 g/mol. The van der Waals surface area contributed by atoms with Crippen molar-refractivity contribution in [2.75, 3.05) is 5.32 Å². The third-order valence-electron chi connectivity index (χ3n) is 4.28. The van der Waals surface area contributed by atoms with Gasteiger partial charge in [0.25, 0.3) is 5.91 Å². The van der Waals surface area contributed by atoms with Crippen LogP contribution in [0.25, 0.3) is 10.9 Å². The van der Waals surface area contributed by atoms with Crippen LogP contribution in [0.3, 0.4) is 0 Å². The summed E-state index contributed by atoms with van der Waals surface area (Å²) in [5.41, 5.74) is -0.0105. The highest BCUT2D eigenvalue weighted by Crippen LogP contribution is 2.16. The van der Waals surface area contributed by atoms with Gasteiger partial charge in [-0.1, -0.05) is 38.1 Å². The van der Waals surface area contributed by atoms with Gasteiger partial charge < -0.3 is 10.6 Å². The van der Waals surface area contributed by atoms with E-state index in [-0.39, 0.29) is 5.92 Å². The summed E-state index contributed by atoms with van der Waals surface area (Å²) in [4.78, 5) is 29.4. The lowest BCUT2D eigenvalue weighted by Crippen LogP contribution is -2.47. The molecule has 2 amide bonds. The summed E-state index contributed by atoms with van der Waals surface area (Å²) < 4.78 is 27.7. The number of hydrogen-bond acceptors (Lipinski definition) is 3. The zero-order valence-corrected chi connectivity index (χ0v) is 15.4. The minimum atomic E-state index is -1.00. The van der Waals surface area contributed by atoms with E-state index in [0.717, 1.165) is 17.5 Å². The van der Waals surface area contributed by atoms with E-state index < -0.39 is 35.1 Å². The van der Waals surface area contributed by atoms with Crippen LogP contribution in [0.15, 0.2) is 54.6 Å². The zero-order valence-electron chi connectivity index (χ0n) is 15.4. The summed E-state index contributed by atoms with van der Waals surface area (Å²) in [6, 6.07) is 13.0. The van der Waals surface area contributed by atoms with Crippen molar-refractivity contribution in [3.8, 4) is 0 Å². The number of fused-ring (bicyclic) bond motifs is 1. The Morgan fingerprint density at radius 3 is 2.29 bits per heavy atom. The van der Waals surface area contributed by atoms with Crippen molar-refractivity contribution in [1.29, 1.82) is 0 Å². The van der Waals surface area contributed by atoms with Crippen LogP contribution in [0.1, 0.15) is 24.2 Å². The van der Waals surface area contributed by atoms with Gasteiger partial charge in [-0.25, -0.2) is 13.8 Å². The molecule has 1 heterocycles. The summed E-state index contributed by atoms with van der Waals surface area (Å²) in [5, 5.41) is 5.98. The molecule has 0 unspecified atom stereocenters. The highest BCUT2D eigenvalue weighted by Gasteiger charge is 2.27. The van der Waals surface area contributed by atoms with Crippen LogP contribution in [0.4, 0.5) is 14.6 Å². The van der Waals surface area contributed by atoms with Crippen LogP contribution in [0.5, 0.6) is 0 Å². The maximum atomic E-state index is 13.8. The van der Waals surface area contributed by atoms with Crippen LogP contribution in [0.2, 0.25) is 0 Å². The predicted molar refractivity (Wildman–Crippen MR) is 103 cm³/mol. The maximum absolute atomic E-state index is 13.8. The molecular weight excluding hydrogens is 364 g/mol. The van der Waals surface area contributed by atoms with Crippen molar-refractivity contribution in [1.82, 2.24) is 10.3 Å². The van der Waals surface area contributed by atoms with Gasteiger partial charge in [0, 0.05) is 5.39 Å². The molecule has 0 spiro atoms. The molecule has 28 heavy (non-hydrogen) atoms. The van der Waals surface area contributed by atoms with E-state index in [9.17, 15) is 18.4 Å². The van der Waals surface area contributed by atoms with E-state index in [1.165, 1.54) is 6.07 Å². The van der Waals surface area contributed by atoms with Gasteiger partial charge >= 0.3 is 0 Å². The van der Waals surface area contributed by atoms with Crippen molar-refractivity contribution in [3.05, 3.63) is 71.8 Å². The van der Waals surface area contributed by atoms with Gasteiger partial charge in [0.05, 0.1) is 5.52 Å². The lowest BCUT2D eigenvalue weighted by atomic mass is 10.0. The molecule has 0 radical (unpaired) electrons. The SMILES string of the molecule is CC(C)[C@H](NC(=O)c1c(F)cccc1F)C(=O)Nc1ccc2ccccc2n1. The van der Waals surface area contributed by atoms with E-state index in [1.54, 1.807) is 19.9 Å². The van der Waals surface area contributed by atoms with Crippen LogP contribution >= 0.6 is 0 Å². The molecule has 0 aliphatic heterocycles. The maximum Gasteiger partial charge on any atom is 0.257 e. The Morgan fingerprint density at radius 1 is 0.929 bits per heavy atom. The second kappa shape index (κ2) is 8.12. The first kappa shape index (κ1) is 19.4. The number of halogens is 2. The van der Waals surface area contributed by atoms with Crippen molar-refractivity contribution in [2.45, 2.75) is 19.9 Å². The molecule has 0 aliphatic carbocycles. The second-order valence-electron chi connectivity index (χ2n) is 6.67. The number of para-hydroxylation sites is 1. The first-order valence-electron chi connectivity index (χ1n) is 8.78. The molecule has 5 nitrogen and oxygen atoms in total. The van der Waals surface area contributed by atoms with Gasteiger partial charge in [-0.3, -0.25) is 9.59 Å². The topological polar surface area (TPSA) is 71.1 Å². The predicted octanol–water partition coefficient (Wildman–Crippen LogP) is 3.91. The van der Waals surface area contributed by atoms with Crippen LogP contribution in [-0.4, -0.2) is 22.8 Å². The van der Waals surface area contributed by atoms with Crippen LogP contribution in [0, 0.1) is 17.6 Å². The summed E-state index contributed by atoms with van der Waals surface area (Å²) in [7, 11) is 0. The highest BCUT2D eigenvalue weighted by molar-refractivity contribution is 6.01. The summed E-state index contributed by atoms with van der Waals surface area (Å²) >= 11 is 0. The van der Waals surface area contributed by atoms with E-state index in [2.05, 4.69) is 15.6 Å². The van der Waals surface area contributed by atoms with E-state index >= 15 is 0 Å². The molecule has 3 rings (SSSR count). The Kier molecular flexibility index (Phi) is 5.63. The van der Waals surface area contributed by atoms with Crippen LogP contribution in [-0.2, 0) is 4.79 Å². The number of pyridine rings is 1. The van der Waals surface area contributed by atoms with Gasteiger partial charge in [0.15, 0.2) is 0 Å². The lowest BCUT2D eigenvalue weighted by Gasteiger charge is -2.22. The van der Waals surface area contributed by atoms with Crippen LogP contribution < -0.4 is 10.6 Å². The number of nitrogens with zero attached hydrogens (tertiary/aromatic N) is 1. The standard InChI is InChI=1S/C21H19F2N3O2/c1-12(2)19(26-20(27)18-14(22)7-5-8-15(18)23)21(28)25-17-11-10-13-6-3-4-9-16(13)24-17/h3-12,19H,1-2H3,(H,26,27)(H,24,25,28)/t19-/m0/s1. The number of carbonyl (C=O) groups excluding carboxylic acids is 2. The molecule has 2 N–H and O–H groups in total. The first-order chi connectivity index (χ1) is 13.4.